The molecule has 0 bridgehead atoms. The fourth-order valence-electron chi connectivity index (χ4n) is 2.20. The molecule has 6 N–H and O–H groups in total. The van der Waals surface area contributed by atoms with Gasteiger partial charge >= 0.3 is 18.1 Å². The Kier molecular flexibility index (Phi) is 3.83. The van der Waals surface area contributed by atoms with Crippen molar-refractivity contribution in [3.05, 3.63) is 0 Å². The van der Waals surface area contributed by atoms with Crippen LogP contribution < -0.4 is 16.4 Å². The van der Waals surface area contributed by atoms with E-state index in [4.69, 9.17) is 15.9 Å². The zero-order valence-electron chi connectivity index (χ0n) is 10.9. The van der Waals surface area contributed by atoms with E-state index in [1.54, 1.807) is 0 Å². The molecule has 0 aliphatic carbocycles. The Morgan fingerprint density at radius 3 is 1.64 bits per heavy atom. The number of primary amides is 1. The quantitative estimate of drug-likeness (QED) is 0.327. The monoisotopic (exact) mass is 316 g/mol. The number of hydrogen-bond acceptors (Lipinski definition) is 7. The third-order valence-electron chi connectivity index (χ3n) is 3.13. The van der Waals surface area contributed by atoms with E-state index in [9.17, 15) is 24.0 Å². The highest BCUT2D eigenvalue weighted by atomic mass is 16.3. The van der Waals surface area contributed by atoms with Gasteiger partial charge in [-0.05, 0) is 0 Å². The number of amides is 8. The highest BCUT2D eigenvalue weighted by Gasteiger charge is 2.52. The van der Waals surface area contributed by atoms with Crippen molar-refractivity contribution in [3.63, 3.8) is 0 Å². The molecular formula is C9H12N6O7. The molecule has 0 aromatic carbocycles. The molecule has 120 valence electrons. The van der Waals surface area contributed by atoms with Gasteiger partial charge in [-0.25, -0.2) is 14.4 Å². The number of carbonyl (C=O) groups excluding carboxylic acids is 5. The van der Waals surface area contributed by atoms with Gasteiger partial charge in [-0.2, -0.15) is 0 Å². The average Bonchev–Trinajstić information content (AvgIpc) is 2.87. The summed E-state index contributed by atoms with van der Waals surface area (Å²) in [4.78, 5) is 59.7. The summed E-state index contributed by atoms with van der Waals surface area (Å²) in [6, 6.07) is -3.34. The molecule has 2 aliphatic rings. The van der Waals surface area contributed by atoms with Gasteiger partial charge in [0.2, 0.25) is 0 Å². The van der Waals surface area contributed by atoms with Gasteiger partial charge in [-0.1, -0.05) is 0 Å². The number of aliphatic hydroxyl groups is 2. The molecule has 13 heteroatoms. The van der Waals surface area contributed by atoms with Gasteiger partial charge in [-0.3, -0.25) is 34.9 Å². The van der Waals surface area contributed by atoms with E-state index >= 15 is 0 Å². The third kappa shape index (κ3) is 2.17. The van der Waals surface area contributed by atoms with Crippen molar-refractivity contribution in [3.8, 4) is 0 Å². The maximum atomic E-state index is 11.8. The highest BCUT2D eigenvalue weighted by molar-refractivity contribution is 6.08. The van der Waals surface area contributed by atoms with Crippen LogP contribution in [0.3, 0.4) is 0 Å². The van der Waals surface area contributed by atoms with Crippen molar-refractivity contribution < 1.29 is 34.2 Å². The third-order valence-corrected chi connectivity index (χ3v) is 3.13. The number of nitrogens with two attached hydrogens (primary N) is 1. The van der Waals surface area contributed by atoms with Gasteiger partial charge in [-0.15, -0.1) is 0 Å². The lowest BCUT2D eigenvalue weighted by molar-refractivity contribution is -0.135. The molecule has 2 atom stereocenters. The fourth-order valence-corrected chi connectivity index (χ4v) is 2.20. The van der Waals surface area contributed by atoms with Gasteiger partial charge in [0.05, 0.1) is 0 Å². The normalized spacial score (nSPS) is 24.6. The number of nitrogens with zero attached hydrogens (tertiary/aromatic N) is 3. The van der Waals surface area contributed by atoms with E-state index in [-0.39, 0.29) is 0 Å². The molecular weight excluding hydrogens is 304 g/mol. The summed E-state index contributed by atoms with van der Waals surface area (Å²) >= 11 is 0. The molecule has 0 spiro atoms. The Labute approximate surface area is 122 Å². The lowest BCUT2D eigenvalue weighted by Gasteiger charge is -2.35. The standard InChI is InChI=1S/C9H12N6O7/c10-7(20)15(5-3(18)11-8(21)13(5)1-16)6-4(19)12-9(22)14(6)2-17/h5-6,16-17H,1-2H2,(H2,10,20)(H,11,18,21)(H,12,19,22). The van der Waals surface area contributed by atoms with E-state index in [1.165, 1.54) is 0 Å². The first-order valence-corrected chi connectivity index (χ1v) is 5.86. The molecule has 22 heavy (non-hydrogen) atoms. The first-order chi connectivity index (χ1) is 10.3. The minimum absolute atomic E-state index is 0.410. The van der Waals surface area contributed by atoms with Crippen molar-refractivity contribution in [1.82, 2.24) is 25.3 Å². The molecule has 0 radical (unpaired) electrons. The van der Waals surface area contributed by atoms with Gasteiger partial charge in [0.15, 0.2) is 12.3 Å². The van der Waals surface area contributed by atoms with Crippen LogP contribution in [-0.2, 0) is 9.59 Å². The first-order valence-electron chi connectivity index (χ1n) is 5.86. The Hall–Kier alpha value is -2.93. The summed E-state index contributed by atoms with van der Waals surface area (Å²) in [6.07, 6.45) is -3.49. The van der Waals surface area contributed by atoms with Crippen molar-refractivity contribution in [2.45, 2.75) is 12.3 Å². The van der Waals surface area contributed by atoms with E-state index in [0.717, 1.165) is 0 Å². The number of carbonyl (C=O) groups is 5. The van der Waals surface area contributed by atoms with E-state index < -0.39 is 55.7 Å². The zero-order chi connectivity index (χ0) is 16.6. The number of hydrogen-bond donors (Lipinski definition) is 5. The van der Waals surface area contributed by atoms with Crippen molar-refractivity contribution >= 4 is 29.9 Å². The summed E-state index contributed by atoms with van der Waals surface area (Å²) in [7, 11) is 0. The molecule has 8 amide bonds. The smallest absolute Gasteiger partial charge is 0.328 e. The SMILES string of the molecule is NC(=O)N(C1C(=O)NC(=O)N1CO)C1C(=O)NC(=O)N1CO. The second-order valence-corrected chi connectivity index (χ2v) is 4.30. The van der Waals surface area contributed by atoms with Gasteiger partial charge in [0.25, 0.3) is 11.8 Å². The predicted octanol–water partition coefficient (Wildman–Crippen LogP) is -3.98. The summed E-state index contributed by atoms with van der Waals surface area (Å²) in [5, 5.41) is 21.9. The Bertz CT molecular complexity index is 523. The van der Waals surface area contributed by atoms with Crippen LogP contribution in [0.5, 0.6) is 0 Å². The lowest BCUT2D eigenvalue weighted by Crippen LogP contribution is -2.63. The van der Waals surface area contributed by atoms with Crippen molar-refractivity contribution in [1.29, 1.82) is 0 Å². The molecule has 2 unspecified atom stereocenters. The van der Waals surface area contributed by atoms with Crippen LogP contribution in [0.2, 0.25) is 0 Å². The van der Waals surface area contributed by atoms with Crippen LogP contribution in [0.4, 0.5) is 14.4 Å². The van der Waals surface area contributed by atoms with Crippen LogP contribution in [0.1, 0.15) is 0 Å². The number of imide groups is 2. The zero-order valence-corrected chi connectivity index (χ0v) is 10.9. The Balaban J connectivity index is 2.44. The number of urea groups is 3. The number of aliphatic hydroxyl groups excluding tert-OH is 2. The molecule has 0 aromatic heterocycles. The van der Waals surface area contributed by atoms with Gasteiger partial charge < -0.3 is 15.9 Å². The summed E-state index contributed by atoms with van der Waals surface area (Å²) in [5.74, 6) is -2.05. The fraction of sp³-hybridized carbons (Fsp3) is 0.444. The van der Waals surface area contributed by atoms with Gasteiger partial charge in [0, 0.05) is 0 Å². The van der Waals surface area contributed by atoms with E-state index in [2.05, 4.69) is 0 Å². The predicted molar refractivity (Wildman–Crippen MR) is 63.9 cm³/mol. The van der Waals surface area contributed by atoms with Crippen LogP contribution >= 0.6 is 0 Å². The number of rotatable bonds is 4. The maximum absolute atomic E-state index is 11.8. The second-order valence-electron chi connectivity index (χ2n) is 4.30. The largest absolute Gasteiger partial charge is 0.376 e. The van der Waals surface area contributed by atoms with Crippen LogP contribution in [-0.4, -0.2) is 80.6 Å². The average molecular weight is 316 g/mol. The molecule has 2 heterocycles. The lowest BCUT2D eigenvalue weighted by atomic mass is 10.3. The summed E-state index contributed by atoms with van der Waals surface area (Å²) in [6.45, 7) is -1.90. The van der Waals surface area contributed by atoms with E-state index in [0.29, 0.717) is 14.7 Å². The first kappa shape index (κ1) is 15.5. The summed E-state index contributed by atoms with van der Waals surface area (Å²) < 4.78 is 0. The highest BCUT2D eigenvalue weighted by Crippen LogP contribution is 2.20. The molecule has 13 nitrogen and oxygen atoms in total. The molecule has 2 rings (SSSR count). The Morgan fingerprint density at radius 1 is 1.00 bits per heavy atom. The topological polar surface area (TPSA) is 186 Å². The van der Waals surface area contributed by atoms with E-state index in [1.807, 2.05) is 10.6 Å². The molecule has 0 saturated carbocycles. The second kappa shape index (κ2) is 5.45. The van der Waals surface area contributed by atoms with Crippen molar-refractivity contribution in [2.75, 3.05) is 13.5 Å². The minimum atomic E-state index is -1.74. The molecule has 2 aliphatic heterocycles. The van der Waals surface area contributed by atoms with Gasteiger partial charge in [0.1, 0.15) is 13.5 Å². The minimum Gasteiger partial charge on any atom is -0.376 e. The maximum Gasteiger partial charge on any atom is 0.328 e. The molecule has 2 fully saturated rings. The Morgan fingerprint density at radius 2 is 1.36 bits per heavy atom. The number of nitrogens with one attached hydrogen (secondary N) is 2. The van der Waals surface area contributed by atoms with Crippen molar-refractivity contribution in [2.24, 2.45) is 5.73 Å². The summed E-state index contributed by atoms with van der Waals surface area (Å²) in [5.41, 5.74) is 5.13. The van der Waals surface area contributed by atoms with Crippen LogP contribution in [0.15, 0.2) is 0 Å². The van der Waals surface area contributed by atoms with Crippen LogP contribution in [0, 0.1) is 0 Å². The molecule has 0 aromatic rings. The molecule has 2 saturated heterocycles. The van der Waals surface area contributed by atoms with Crippen LogP contribution in [0.25, 0.3) is 0 Å².